The molecule has 3 nitrogen and oxygen atoms in total. The SMILES string of the molecule is COc1cncnc1-c1ccc(Cl)c(Cl)c1. The van der Waals surface area contributed by atoms with Crippen molar-refractivity contribution in [3.05, 3.63) is 40.8 Å². The highest BCUT2D eigenvalue weighted by Crippen LogP contribution is 2.31. The van der Waals surface area contributed by atoms with E-state index in [2.05, 4.69) is 9.97 Å². The van der Waals surface area contributed by atoms with Crippen molar-refractivity contribution < 1.29 is 4.74 Å². The summed E-state index contributed by atoms with van der Waals surface area (Å²) >= 11 is 11.8. The molecule has 0 saturated heterocycles. The predicted octanol–water partition coefficient (Wildman–Crippen LogP) is 3.46. The Hall–Kier alpha value is -1.32. The maximum Gasteiger partial charge on any atom is 0.163 e. The molecule has 0 aliphatic carbocycles. The van der Waals surface area contributed by atoms with Gasteiger partial charge in [0.2, 0.25) is 0 Å². The van der Waals surface area contributed by atoms with Crippen LogP contribution in [0.4, 0.5) is 0 Å². The summed E-state index contributed by atoms with van der Waals surface area (Å²) in [5, 5.41) is 0.998. The van der Waals surface area contributed by atoms with E-state index in [1.165, 1.54) is 6.33 Å². The average Bonchev–Trinajstić information content (AvgIpc) is 2.32. The third kappa shape index (κ3) is 2.10. The van der Waals surface area contributed by atoms with E-state index in [4.69, 9.17) is 27.9 Å². The number of aromatic nitrogens is 2. The average molecular weight is 255 g/mol. The number of halogens is 2. The first-order chi connectivity index (χ1) is 7.72. The van der Waals surface area contributed by atoms with Crippen LogP contribution in [0.25, 0.3) is 11.3 Å². The zero-order valence-electron chi connectivity index (χ0n) is 8.45. The first kappa shape index (κ1) is 11.2. The van der Waals surface area contributed by atoms with Gasteiger partial charge in [0.15, 0.2) is 5.75 Å². The number of hydrogen-bond acceptors (Lipinski definition) is 3. The van der Waals surface area contributed by atoms with Gasteiger partial charge in [-0.2, -0.15) is 0 Å². The lowest BCUT2D eigenvalue weighted by molar-refractivity contribution is 0.412. The molecule has 1 aromatic heterocycles. The van der Waals surface area contributed by atoms with E-state index in [9.17, 15) is 0 Å². The van der Waals surface area contributed by atoms with Crippen molar-refractivity contribution in [1.82, 2.24) is 9.97 Å². The maximum absolute atomic E-state index is 5.94. The van der Waals surface area contributed by atoms with Crippen molar-refractivity contribution in [2.45, 2.75) is 0 Å². The van der Waals surface area contributed by atoms with E-state index in [1.54, 1.807) is 25.4 Å². The molecule has 16 heavy (non-hydrogen) atoms. The van der Waals surface area contributed by atoms with Crippen LogP contribution in [-0.4, -0.2) is 17.1 Å². The van der Waals surface area contributed by atoms with Crippen LogP contribution in [0.5, 0.6) is 5.75 Å². The normalized spacial score (nSPS) is 10.2. The van der Waals surface area contributed by atoms with Gasteiger partial charge in [0.25, 0.3) is 0 Å². The molecule has 0 atom stereocenters. The molecule has 0 N–H and O–H groups in total. The summed E-state index contributed by atoms with van der Waals surface area (Å²) in [7, 11) is 1.57. The van der Waals surface area contributed by atoms with Gasteiger partial charge >= 0.3 is 0 Å². The van der Waals surface area contributed by atoms with Crippen LogP contribution in [0.2, 0.25) is 10.0 Å². The molecule has 0 spiro atoms. The van der Waals surface area contributed by atoms with Crippen molar-refractivity contribution in [2.24, 2.45) is 0 Å². The van der Waals surface area contributed by atoms with Gasteiger partial charge in [-0.1, -0.05) is 29.3 Å². The Balaban J connectivity index is 2.54. The summed E-state index contributed by atoms with van der Waals surface area (Å²) < 4.78 is 5.17. The lowest BCUT2D eigenvalue weighted by Crippen LogP contribution is -1.92. The quantitative estimate of drug-likeness (QED) is 0.824. The minimum atomic E-state index is 0.486. The smallest absolute Gasteiger partial charge is 0.163 e. The highest BCUT2D eigenvalue weighted by atomic mass is 35.5. The van der Waals surface area contributed by atoms with Crippen LogP contribution in [0.3, 0.4) is 0 Å². The van der Waals surface area contributed by atoms with Crippen molar-refractivity contribution in [3.8, 4) is 17.0 Å². The summed E-state index contributed by atoms with van der Waals surface area (Å²) in [4.78, 5) is 8.04. The lowest BCUT2D eigenvalue weighted by atomic mass is 10.1. The van der Waals surface area contributed by atoms with Gasteiger partial charge in [-0.15, -0.1) is 0 Å². The van der Waals surface area contributed by atoms with Crippen molar-refractivity contribution in [3.63, 3.8) is 0 Å². The minimum absolute atomic E-state index is 0.486. The first-order valence-electron chi connectivity index (χ1n) is 4.52. The second-order valence-corrected chi connectivity index (χ2v) is 3.88. The molecule has 0 bridgehead atoms. The Labute approximate surface area is 103 Å². The Bertz CT molecular complexity index is 517. The molecule has 0 fully saturated rings. The topological polar surface area (TPSA) is 35.0 Å². The number of hydrogen-bond donors (Lipinski definition) is 0. The van der Waals surface area contributed by atoms with Crippen LogP contribution in [0, 0.1) is 0 Å². The summed E-state index contributed by atoms with van der Waals surface area (Å²) in [6, 6.07) is 5.30. The van der Waals surface area contributed by atoms with E-state index < -0.39 is 0 Å². The summed E-state index contributed by atoms with van der Waals surface area (Å²) in [6.45, 7) is 0. The van der Waals surface area contributed by atoms with Crippen molar-refractivity contribution in [2.75, 3.05) is 7.11 Å². The fourth-order valence-corrected chi connectivity index (χ4v) is 1.62. The molecule has 2 rings (SSSR count). The van der Waals surface area contributed by atoms with Gasteiger partial charge in [0.1, 0.15) is 12.0 Å². The molecule has 82 valence electrons. The molecule has 0 aliphatic rings. The summed E-state index contributed by atoms with van der Waals surface area (Å²) in [6.07, 6.45) is 3.06. The number of methoxy groups -OCH3 is 1. The van der Waals surface area contributed by atoms with Crippen LogP contribution in [0.15, 0.2) is 30.7 Å². The van der Waals surface area contributed by atoms with Gasteiger partial charge in [-0.25, -0.2) is 9.97 Å². The largest absolute Gasteiger partial charge is 0.493 e. The van der Waals surface area contributed by atoms with E-state index >= 15 is 0 Å². The molecule has 1 heterocycles. The molecule has 0 saturated carbocycles. The molecular formula is C11H8Cl2N2O. The maximum atomic E-state index is 5.94. The molecule has 1 aromatic carbocycles. The fourth-order valence-electron chi connectivity index (χ4n) is 1.33. The van der Waals surface area contributed by atoms with Gasteiger partial charge in [0.05, 0.1) is 23.4 Å². The van der Waals surface area contributed by atoms with Crippen LogP contribution in [0.1, 0.15) is 0 Å². The van der Waals surface area contributed by atoms with E-state index in [0.717, 1.165) is 5.56 Å². The lowest BCUT2D eigenvalue weighted by Gasteiger charge is -2.07. The molecule has 0 aliphatic heterocycles. The Kier molecular flexibility index (Phi) is 3.27. The molecule has 2 aromatic rings. The third-order valence-electron chi connectivity index (χ3n) is 2.09. The number of ether oxygens (including phenoxy) is 1. The fraction of sp³-hybridized carbons (Fsp3) is 0.0909. The van der Waals surface area contributed by atoms with Crippen molar-refractivity contribution >= 4 is 23.2 Å². The van der Waals surface area contributed by atoms with Crippen molar-refractivity contribution in [1.29, 1.82) is 0 Å². The zero-order chi connectivity index (χ0) is 11.5. The van der Waals surface area contributed by atoms with Crippen LogP contribution in [-0.2, 0) is 0 Å². The van der Waals surface area contributed by atoms with Gasteiger partial charge in [-0.3, -0.25) is 0 Å². The number of rotatable bonds is 2. The highest BCUT2D eigenvalue weighted by molar-refractivity contribution is 6.42. The Morgan fingerprint density at radius 3 is 2.69 bits per heavy atom. The Morgan fingerprint density at radius 2 is 2.00 bits per heavy atom. The van der Waals surface area contributed by atoms with E-state index in [0.29, 0.717) is 21.5 Å². The van der Waals surface area contributed by atoms with Gasteiger partial charge in [-0.05, 0) is 12.1 Å². The first-order valence-corrected chi connectivity index (χ1v) is 5.27. The second-order valence-electron chi connectivity index (χ2n) is 3.07. The molecule has 5 heteroatoms. The molecular weight excluding hydrogens is 247 g/mol. The third-order valence-corrected chi connectivity index (χ3v) is 2.83. The minimum Gasteiger partial charge on any atom is -0.493 e. The van der Waals surface area contributed by atoms with E-state index in [1.807, 2.05) is 6.07 Å². The zero-order valence-corrected chi connectivity index (χ0v) is 9.96. The predicted molar refractivity (Wildman–Crippen MR) is 64.0 cm³/mol. The Morgan fingerprint density at radius 1 is 1.19 bits per heavy atom. The van der Waals surface area contributed by atoms with Gasteiger partial charge in [0, 0.05) is 5.56 Å². The van der Waals surface area contributed by atoms with Crippen LogP contribution < -0.4 is 4.74 Å². The highest BCUT2D eigenvalue weighted by Gasteiger charge is 2.08. The van der Waals surface area contributed by atoms with Gasteiger partial charge < -0.3 is 4.74 Å². The number of nitrogens with zero attached hydrogens (tertiary/aromatic N) is 2. The molecule has 0 unspecified atom stereocenters. The second kappa shape index (κ2) is 4.68. The van der Waals surface area contributed by atoms with Crippen LogP contribution >= 0.6 is 23.2 Å². The summed E-state index contributed by atoms with van der Waals surface area (Å²) in [5.74, 6) is 0.598. The molecule has 0 radical (unpaired) electrons. The van der Waals surface area contributed by atoms with E-state index in [-0.39, 0.29) is 0 Å². The standard InChI is InChI=1S/C11H8Cl2N2O/c1-16-10-5-14-6-15-11(10)7-2-3-8(12)9(13)4-7/h2-6H,1H3. The molecule has 0 amide bonds. The monoisotopic (exact) mass is 254 g/mol. The summed E-state index contributed by atoms with van der Waals surface area (Å²) in [5.41, 5.74) is 1.53. The number of benzene rings is 1.